The highest BCUT2D eigenvalue weighted by molar-refractivity contribution is 9.10. The zero-order valence-electron chi connectivity index (χ0n) is 13.1. The maximum atomic E-state index is 12.9. The Bertz CT molecular complexity index is 615. The summed E-state index contributed by atoms with van der Waals surface area (Å²) in [5.41, 5.74) is 1.92. The van der Waals surface area contributed by atoms with E-state index in [0.717, 1.165) is 27.8 Å². The molecule has 0 aromatic heterocycles. The molecule has 0 spiro atoms. The lowest BCUT2D eigenvalue weighted by molar-refractivity contribution is 0.237. The fourth-order valence-electron chi connectivity index (χ4n) is 2.16. The number of hydrogen-bond donors (Lipinski definition) is 2. The summed E-state index contributed by atoms with van der Waals surface area (Å²) >= 11 is 3.47. The van der Waals surface area contributed by atoms with E-state index in [0.29, 0.717) is 13.2 Å². The van der Waals surface area contributed by atoms with Gasteiger partial charge in [-0.1, -0.05) is 35.0 Å². The van der Waals surface area contributed by atoms with Gasteiger partial charge >= 0.3 is 0 Å². The van der Waals surface area contributed by atoms with Gasteiger partial charge in [0.1, 0.15) is 18.2 Å². The Hall–Kier alpha value is -1.43. The molecule has 0 heterocycles. The number of hydrogen-bond acceptors (Lipinski definition) is 3. The monoisotopic (exact) mass is 381 g/mol. The van der Waals surface area contributed by atoms with E-state index in [2.05, 4.69) is 21.2 Å². The van der Waals surface area contributed by atoms with E-state index in [9.17, 15) is 9.50 Å². The summed E-state index contributed by atoms with van der Waals surface area (Å²) < 4.78 is 19.8. The number of rotatable bonds is 8. The minimum Gasteiger partial charge on any atom is -0.489 e. The van der Waals surface area contributed by atoms with Crippen LogP contribution in [0, 0.1) is 5.82 Å². The Morgan fingerprint density at radius 2 is 1.96 bits per heavy atom. The van der Waals surface area contributed by atoms with Gasteiger partial charge in [0.2, 0.25) is 0 Å². The molecule has 124 valence electrons. The van der Waals surface area contributed by atoms with Crippen molar-refractivity contribution >= 4 is 15.9 Å². The number of halogens is 2. The molecule has 0 aliphatic rings. The summed E-state index contributed by atoms with van der Waals surface area (Å²) in [5, 5.41) is 12.6. The minimum atomic E-state index is -0.253. The van der Waals surface area contributed by atoms with Crippen LogP contribution in [0.15, 0.2) is 46.9 Å². The summed E-state index contributed by atoms with van der Waals surface area (Å²) in [6, 6.07) is 12.2. The standard InChI is InChI=1S/C18H21BrFNO2/c1-2-17(11-22)21-10-14-9-15(19)5-8-18(14)23-12-13-3-6-16(20)7-4-13/h3-9,17,21-22H,2,10-12H2,1H3. The molecular formula is C18H21BrFNO2. The van der Waals surface area contributed by atoms with Crippen LogP contribution in [0.2, 0.25) is 0 Å². The first-order valence-electron chi connectivity index (χ1n) is 7.62. The van der Waals surface area contributed by atoms with E-state index < -0.39 is 0 Å². The predicted molar refractivity (Wildman–Crippen MR) is 92.9 cm³/mol. The molecule has 0 fully saturated rings. The van der Waals surface area contributed by atoms with E-state index >= 15 is 0 Å². The molecule has 23 heavy (non-hydrogen) atoms. The van der Waals surface area contributed by atoms with Crippen LogP contribution in [-0.4, -0.2) is 17.8 Å². The topological polar surface area (TPSA) is 41.5 Å². The summed E-state index contributed by atoms with van der Waals surface area (Å²) in [7, 11) is 0. The van der Waals surface area contributed by atoms with E-state index in [-0.39, 0.29) is 18.5 Å². The molecule has 0 saturated carbocycles. The van der Waals surface area contributed by atoms with Gasteiger partial charge in [-0.2, -0.15) is 0 Å². The van der Waals surface area contributed by atoms with Gasteiger partial charge in [0.25, 0.3) is 0 Å². The molecule has 1 atom stereocenters. The van der Waals surface area contributed by atoms with E-state index in [1.807, 2.05) is 25.1 Å². The van der Waals surface area contributed by atoms with Gasteiger partial charge in [0.15, 0.2) is 0 Å². The van der Waals surface area contributed by atoms with Gasteiger partial charge in [-0.25, -0.2) is 4.39 Å². The van der Waals surface area contributed by atoms with E-state index in [4.69, 9.17) is 4.74 Å². The Morgan fingerprint density at radius 3 is 2.61 bits per heavy atom. The minimum absolute atomic E-state index is 0.0685. The van der Waals surface area contributed by atoms with Crippen molar-refractivity contribution in [2.75, 3.05) is 6.61 Å². The van der Waals surface area contributed by atoms with Crippen molar-refractivity contribution in [2.24, 2.45) is 0 Å². The van der Waals surface area contributed by atoms with Gasteiger partial charge in [0.05, 0.1) is 6.61 Å². The fourth-order valence-corrected chi connectivity index (χ4v) is 2.57. The van der Waals surface area contributed by atoms with Crippen molar-refractivity contribution in [1.82, 2.24) is 5.32 Å². The molecule has 0 amide bonds. The Kier molecular flexibility index (Phi) is 7.02. The third-order valence-corrected chi connectivity index (χ3v) is 4.12. The molecule has 0 aliphatic heterocycles. The largest absolute Gasteiger partial charge is 0.489 e. The zero-order valence-corrected chi connectivity index (χ0v) is 14.6. The van der Waals surface area contributed by atoms with Crippen LogP contribution in [0.1, 0.15) is 24.5 Å². The van der Waals surface area contributed by atoms with Gasteiger partial charge in [-0.3, -0.25) is 0 Å². The van der Waals surface area contributed by atoms with Crippen LogP contribution in [0.4, 0.5) is 4.39 Å². The van der Waals surface area contributed by atoms with Crippen LogP contribution in [0.25, 0.3) is 0 Å². The molecule has 0 radical (unpaired) electrons. The molecule has 2 aromatic carbocycles. The molecule has 0 bridgehead atoms. The van der Waals surface area contributed by atoms with Crippen molar-refractivity contribution in [3.63, 3.8) is 0 Å². The second kappa shape index (κ2) is 9.01. The Balaban J connectivity index is 2.04. The molecular weight excluding hydrogens is 361 g/mol. The molecule has 3 nitrogen and oxygen atoms in total. The van der Waals surface area contributed by atoms with E-state index in [1.165, 1.54) is 12.1 Å². The molecule has 5 heteroatoms. The van der Waals surface area contributed by atoms with Crippen molar-refractivity contribution < 1.29 is 14.2 Å². The maximum absolute atomic E-state index is 12.9. The first-order valence-corrected chi connectivity index (χ1v) is 8.41. The Morgan fingerprint density at radius 1 is 1.22 bits per heavy atom. The third-order valence-electron chi connectivity index (χ3n) is 3.62. The average Bonchev–Trinajstić information content (AvgIpc) is 2.56. The summed E-state index contributed by atoms with van der Waals surface area (Å²) in [5.74, 6) is 0.523. The number of benzene rings is 2. The van der Waals surface area contributed by atoms with E-state index in [1.54, 1.807) is 12.1 Å². The smallest absolute Gasteiger partial charge is 0.124 e. The third kappa shape index (κ3) is 5.61. The summed E-state index contributed by atoms with van der Waals surface area (Å²) in [6.07, 6.45) is 0.857. The zero-order chi connectivity index (χ0) is 16.7. The average molecular weight is 382 g/mol. The lowest BCUT2D eigenvalue weighted by Gasteiger charge is -2.17. The van der Waals surface area contributed by atoms with Crippen LogP contribution >= 0.6 is 15.9 Å². The lowest BCUT2D eigenvalue weighted by Crippen LogP contribution is -2.31. The second-order valence-corrected chi connectivity index (χ2v) is 6.25. The molecule has 0 aliphatic carbocycles. The van der Waals surface area contributed by atoms with Crippen LogP contribution in [-0.2, 0) is 13.2 Å². The van der Waals surface area contributed by atoms with Crippen molar-refractivity contribution in [3.05, 3.63) is 63.9 Å². The number of aliphatic hydroxyl groups is 1. The molecule has 1 unspecified atom stereocenters. The molecule has 2 N–H and O–H groups in total. The first-order chi connectivity index (χ1) is 11.1. The van der Waals surface area contributed by atoms with Gasteiger partial charge in [-0.05, 0) is 42.3 Å². The molecule has 0 saturated heterocycles. The summed E-state index contributed by atoms with van der Waals surface area (Å²) in [6.45, 7) is 3.13. The highest BCUT2D eigenvalue weighted by atomic mass is 79.9. The lowest BCUT2D eigenvalue weighted by atomic mass is 10.1. The van der Waals surface area contributed by atoms with Crippen molar-refractivity contribution in [1.29, 1.82) is 0 Å². The maximum Gasteiger partial charge on any atom is 0.124 e. The van der Waals surface area contributed by atoms with Crippen LogP contribution in [0.3, 0.4) is 0 Å². The fraction of sp³-hybridized carbons (Fsp3) is 0.333. The van der Waals surface area contributed by atoms with Crippen LogP contribution in [0.5, 0.6) is 5.75 Å². The van der Waals surface area contributed by atoms with Gasteiger partial charge in [-0.15, -0.1) is 0 Å². The Labute approximate surface area is 144 Å². The molecule has 2 rings (SSSR count). The SMILES string of the molecule is CCC(CO)NCc1cc(Br)ccc1OCc1ccc(F)cc1. The quantitative estimate of drug-likeness (QED) is 0.725. The van der Waals surface area contributed by atoms with Gasteiger partial charge < -0.3 is 15.2 Å². The number of ether oxygens (including phenoxy) is 1. The highest BCUT2D eigenvalue weighted by Crippen LogP contribution is 2.24. The molecule has 2 aromatic rings. The number of nitrogens with one attached hydrogen (secondary N) is 1. The predicted octanol–water partition coefficient (Wildman–Crippen LogP) is 4.03. The van der Waals surface area contributed by atoms with Crippen molar-refractivity contribution in [2.45, 2.75) is 32.5 Å². The van der Waals surface area contributed by atoms with Crippen molar-refractivity contribution in [3.8, 4) is 5.75 Å². The highest BCUT2D eigenvalue weighted by Gasteiger charge is 2.09. The number of aliphatic hydroxyl groups excluding tert-OH is 1. The first kappa shape index (κ1) is 17.9. The van der Waals surface area contributed by atoms with Gasteiger partial charge in [0, 0.05) is 22.6 Å². The summed E-state index contributed by atoms with van der Waals surface area (Å²) in [4.78, 5) is 0. The second-order valence-electron chi connectivity index (χ2n) is 5.34. The normalized spacial score (nSPS) is 12.2. The van der Waals surface area contributed by atoms with Crippen LogP contribution < -0.4 is 10.1 Å².